The molecule has 0 aromatic carbocycles. The van der Waals surface area contributed by atoms with Gasteiger partial charge in [0.1, 0.15) is 0 Å². The molecule has 21 heavy (non-hydrogen) atoms. The number of rotatable bonds is 6. The summed E-state index contributed by atoms with van der Waals surface area (Å²) in [5.74, 6) is 0. The van der Waals surface area contributed by atoms with Crippen LogP contribution in [0.15, 0.2) is 15.9 Å². The third kappa shape index (κ3) is 5.01. The summed E-state index contributed by atoms with van der Waals surface area (Å²) in [4.78, 5) is 8.73. The molecule has 0 amide bonds. The van der Waals surface area contributed by atoms with Crippen LogP contribution in [0.3, 0.4) is 0 Å². The van der Waals surface area contributed by atoms with Crippen molar-refractivity contribution in [2.24, 2.45) is 5.73 Å². The summed E-state index contributed by atoms with van der Waals surface area (Å²) in [5, 5.41) is 0. The van der Waals surface area contributed by atoms with Gasteiger partial charge in [-0.3, -0.25) is 9.80 Å². The number of hydrogen-bond acceptors (Lipinski definition) is 5. The van der Waals surface area contributed by atoms with Gasteiger partial charge in [-0.25, -0.2) is 0 Å². The van der Waals surface area contributed by atoms with Gasteiger partial charge in [-0.05, 0) is 49.1 Å². The Morgan fingerprint density at radius 1 is 1.29 bits per heavy atom. The molecule has 1 fully saturated rings. The number of nitrogens with two attached hydrogens (primary N) is 1. The molecule has 1 aromatic heterocycles. The Hall–Kier alpha value is 0.0200. The predicted octanol–water partition coefficient (Wildman–Crippen LogP) is 2.08. The van der Waals surface area contributed by atoms with Gasteiger partial charge < -0.3 is 10.6 Å². The molecule has 1 aliphatic rings. The van der Waals surface area contributed by atoms with Gasteiger partial charge in [-0.2, -0.15) is 0 Å². The normalized spacial score (nSPS) is 20.9. The van der Waals surface area contributed by atoms with Gasteiger partial charge >= 0.3 is 0 Å². The molecule has 1 saturated heterocycles. The second-order valence-corrected chi connectivity index (χ2v) is 8.62. The molecular formula is C15H27BrN4S. The Balaban J connectivity index is 1.92. The number of halogens is 1. The van der Waals surface area contributed by atoms with Gasteiger partial charge in [0.05, 0.1) is 9.83 Å². The number of piperazine rings is 1. The van der Waals surface area contributed by atoms with Crippen molar-refractivity contribution in [3.63, 3.8) is 0 Å². The summed E-state index contributed by atoms with van der Waals surface area (Å²) < 4.78 is 1.19. The van der Waals surface area contributed by atoms with Crippen molar-refractivity contribution in [2.75, 3.05) is 53.4 Å². The van der Waals surface area contributed by atoms with E-state index in [-0.39, 0.29) is 6.04 Å². The molecule has 0 bridgehead atoms. The Morgan fingerprint density at radius 3 is 2.43 bits per heavy atom. The fourth-order valence-corrected chi connectivity index (χ4v) is 4.54. The molecule has 0 aliphatic carbocycles. The van der Waals surface area contributed by atoms with E-state index in [0.29, 0.717) is 6.04 Å². The first kappa shape index (κ1) is 17.4. The maximum Gasteiger partial charge on any atom is 0.0702 e. The molecule has 2 atom stereocenters. The summed E-state index contributed by atoms with van der Waals surface area (Å²) >= 11 is 5.37. The lowest BCUT2D eigenvalue weighted by Crippen LogP contribution is -2.51. The molecule has 0 radical (unpaired) electrons. The molecule has 6 heteroatoms. The van der Waals surface area contributed by atoms with Crippen LogP contribution in [0.2, 0.25) is 0 Å². The van der Waals surface area contributed by atoms with E-state index in [1.807, 2.05) is 11.3 Å². The van der Waals surface area contributed by atoms with Crippen LogP contribution in [-0.2, 0) is 0 Å². The van der Waals surface area contributed by atoms with Crippen LogP contribution in [-0.4, -0.2) is 74.1 Å². The Kier molecular flexibility index (Phi) is 6.65. The van der Waals surface area contributed by atoms with Gasteiger partial charge in [0.15, 0.2) is 0 Å². The van der Waals surface area contributed by atoms with Crippen molar-refractivity contribution in [3.8, 4) is 0 Å². The van der Waals surface area contributed by atoms with Gasteiger partial charge in [-0.15, -0.1) is 11.3 Å². The fraction of sp³-hybridized carbons (Fsp3) is 0.733. The first-order valence-corrected chi connectivity index (χ1v) is 9.20. The molecular weight excluding hydrogens is 348 g/mol. The van der Waals surface area contributed by atoms with Crippen molar-refractivity contribution in [1.29, 1.82) is 0 Å². The zero-order valence-electron chi connectivity index (χ0n) is 13.3. The minimum absolute atomic E-state index is 0.156. The minimum Gasteiger partial charge on any atom is -0.326 e. The molecule has 0 saturated carbocycles. The highest BCUT2D eigenvalue weighted by Crippen LogP contribution is 2.32. The lowest BCUT2D eigenvalue weighted by Gasteiger charge is -2.40. The third-order valence-corrected chi connectivity index (χ3v) is 5.74. The molecule has 2 N–H and O–H groups in total. The maximum absolute atomic E-state index is 6.27. The first-order chi connectivity index (χ1) is 9.97. The molecule has 0 spiro atoms. The second kappa shape index (κ2) is 8.04. The van der Waals surface area contributed by atoms with Gasteiger partial charge in [0, 0.05) is 50.2 Å². The van der Waals surface area contributed by atoms with E-state index in [1.165, 1.54) is 8.66 Å². The molecule has 1 aliphatic heterocycles. The van der Waals surface area contributed by atoms with Crippen molar-refractivity contribution in [1.82, 2.24) is 14.7 Å². The predicted molar refractivity (Wildman–Crippen MR) is 95.0 cm³/mol. The van der Waals surface area contributed by atoms with Crippen molar-refractivity contribution in [3.05, 3.63) is 20.8 Å². The van der Waals surface area contributed by atoms with E-state index >= 15 is 0 Å². The number of nitrogens with zero attached hydrogens (tertiary/aromatic N) is 3. The van der Waals surface area contributed by atoms with Gasteiger partial charge in [0.2, 0.25) is 0 Å². The highest BCUT2D eigenvalue weighted by atomic mass is 79.9. The van der Waals surface area contributed by atoms with Crippen molar-refractivity contribution >= 4 is 27.3 Å². The van der Waals surface area contributed by atoms with Crippen molar-refractivity contribution < 1.29 is 0 Å². The van der Waals surface area contributed by atoms with Gasteiger partial charge in [-0.1, -0.05) is 0 Å². The van der Waals surface area contributed by atoms with Gasteiger partial charge in [0.25, 0.3) is 0 Å². The first-order valence-electron chi connectivity index (χ1n) is 7.59. The van der Waals surface area contributed by atoms with Crippen LogP contribution in [0.1, 0.15) is 17.8 Å². The van der Waals surface area contributed by atoms with Crippen LogP contribution in [0.25, 0.3) is 0 Å². The Labute approximate surface area is 141 Å². The van der Waals surface area contributed by atoms with E-state index in [1.54, 1.807) is 0 Å². The topological polar surface area (TPSA) is 35.7 Å². The number of likely N-dealkylation sites (N-methyl/N-ethyl adjacent to an activating group) is 1. The summed E-state index contributed by atoms with van der Waals surface area (Å²) in [7, 11) is 4.27. The highest BCUT2D eigenvalue weighted by molar-refractivity contribution is 9.11. The SMILES string of the molecule is CC(N)C(c1ccc(Br)s1)N1CCN(CCN(C)C)CC1. The lowest BCUT2D eigenvalue weighted by atomic mass is 10.1. The summed E-state index contributed by atoms with van der Waals surface area (Å²) in [6.45, 7) is 8.91. The summed E-state index contributed by atoms with van der Waals surface area (Å²) in [6, 6.07) is 4.84. The van der Waals surface area contributed by atoms with Crippen LogP contribution in [0.5, 0.6) is 0 Å². The summed E-state index contributed by atoms with van der Waals surface area (Å²) in [6.07, 6.45) is 0. The van der Waals surface area contributed by atoms with Crippen molar-refractivity contribution in [2.45, 2.75) is 19.0 Å². The number of thiophene rings is 1. The van der Waals surface area contributed by atoms with Crippen LogP contribution in [0.4, 0.5) is 0 Å². The Bertz CT molecular complexity index is 427. The molecule has 4 nitrogen and oxygen atoms in total. The molecule has 1 aromatic rings. The highest BCUT2D eigenvalue weighted by Gasteiger charge is 2.28. The molecule has 2 heterocycles. The van der Waals surface area contributed by atoms with E-state index < -0.39 is 0 Å². The number of hydrogen-bond donors (Lipinski definition) is 1. The lowest BCUT2D eigenvalue weighted by molar-refractivity contribution is 0.0844. The monoisotopic (exact) mass is 374 g/mol. The third-order valence-electron chi connectivity index (χ3n) is 4.05. The fourth-order valence-electron chi connectivity index (χ4n) is 2.87. The second-order valence-electron chi connectivity index (χ2n) is 6.13. The van der Waals surface area contributed by atoms with Crippen LogP contribution in [0, 0.1) is 0 Å². The molecule has 2 unspecified atom stereocenters. The van der Waals surface area contributed by atoms with E-state index in [4.69, 9.17) is 5.73 Å². The quantitative estimate of drug-likeness (QED) is 0.826. The Morgan fingerprint density at radius 2 is 1.95 bits per heavy atom. The maximum atomic E-state index is 6.27. The summed E-state index contributed by atoms with van der Waals surface area (Å²) in [5.41, 5.74) is 6.27. The van der Waals surface area contributed by atoms with E-state index in [2.05, 4.69) is 63.8 Å². The smallest absolute Gasteiger partial charge is 0.0702 e. The standard InChI is InChI=1S/C15H27BrN4S/c1-12(17)15(13-4-5-14(16)21-13)20-10-8-19(9-11-20)7-6-18(2)3/h4-5,12,15H,6-11,17H2,1-3H3. The largest absolute Gasteiger partial charge is 0.326 e. The van der Waals surface area contributed by atoms with E-state index in [0.717, 1.165) is 39.3 Å². The molecule has 2 rings (SSSR count). The zero-order chi connectivity index (χ0) is 15.4. The van der Waals surface area contributed by atoms with E-state index in [9.17, 15) is 0 Å². The zero-order valence-corrected chi connectivity index (χ0v) is 15.7. The average molecular weight is 375 g/mol. The minimum atomic E-state index is 0.156. The van der Waals surface area contributed by atoms with Crippen LogP contribution < -0.4 is 5.73 Å². The average Bonchev–Trinajstić information content (AvgIpc) is 2.84. The molecule has 120 valence electrons. The van der Waals surface area contributed by atoms with Crippen LogP contribution >= 0.6 is 27.3 Å².